The minimum absolute atomic E-state index is 0.0883. The lowest BCUT2D eigenvalue weighted by Gasteiger charge is -2.34. The van der Waals surface area contributed by atoms with Crippen molar-refractivity contribution in [3.63, 3.8) is 0 Å². The SMILES string of the molecule is O=C(CNc1ccc(Cl)cc1Cl)N1CCN(Cc2ccccc2)CC1. The zero-order valence-electron chi connectivity index (χ0n) is 13.9. The Kier molecular flexibility index (Phi) is 6.19. The van der Waals surface area contributed by atoms with Crippen LogP contribution in [-0.4, -0.2) is 48.4 Å². The summed E-state index contributed by atoms with van der Waals surface area (Å²) in [5.41, 5.74) is 2.03. The van der Waals surface area contributed by atoms with Gasteiger partial charge < -0.3 is 10.2 Å². The molecule has 0 unspecified atom stereocenters. The molecule has 132 valence electrons. The fourth-order valence-electron chi connectivity index (χ4n) is 2.91. The molecule has 0 radical (unpaired) electrons. The number of benzene rings is 2. The average Bonchev–Trinajstić information content (AvgIpc) is 2.62. The minimum Gasteiger partial charge on any atom is -0.375 e. The van der Waals surface area contributed by atoms with Crippen LogP contribution in [0.5, 0.6) is 0 Å². The number of rotatable bonds is 5. The largest absolute Gasteiger partial charge is 0.375 e. The van der Waals surface area contributed by atoms with Gasteiger partial charge in [-0.05, 0) is 23.8 Å². The maximum absolute atomic E-state index is 12.4. The number of carbonyl (C=O) groups is 1. The van der Waals surface area contributed by atoms with Gasteiger partial charge in [0.1, 0.15) is 0 Å². The average molecular weight is 378 g/mol. The van der Waals surface area contributed by atoms with Crippen molar-refractivity contribution < 1.29 is 4.79 Å². The molecule has 1 saturated heterocycles. The van der Waals surface area contributed by atoms with E-state index in [0.717, 1.165) is 38.4 Å². The van der Waals surface area contributed by atoms with Crippen LogP contribution in [0.25, 0.3) is 0 Å². The van der Waals surface area contributed by atoms with E-state index in [-0.39, 0.29) is 12.5 Å². The molecule has 0 spiro atoms. The van der Waals surface area contributed by atoms with Crippen LogP contribution in [0, 0.1) is 0 Å². The van der Waals surface area contributed by atoms with Gasteiger partial charge in [-0.3, -0.25) is 9.69 Å². The third-order valence-corrected chi connectivity index (χ3v) is 4.88. The van der Waals surface area contributed by atoms with Crippen molar-refractivity contribution in [2.45, 2.75) is 6.54 Å². The number of piperazine rings is 1. The van der Waals surface area contributed by atoms with Gasteiger partial charge in [-0.25, -0.2) is 0 Å². The van der Waals surface area contributed by atoms with Crippen molar-refractivity contribution in [3.05, 3.63) is 64.1 Å². The molecular weight excluding hydrogens is 357 g/mol. The number of anilines is 1. The Labute approximate surface area is 158 Å². The lowest BCUT2D eigenvalue weighted by atomic mass is 10.2. The molecule has 6 heteroatoms. The van der Waals surface area contributed by atoms with Gasteiger partial charge in [-0.15, -0.1) is 0 Å². The van der Waals surface area contributed by atoms with Crippen LogP contribution in [0.4, 0.5) is 5.69 Å². The van der Waals surface area contributed by atoms with Crippen molar-refractivity contribution in [1.29, 1.82) is 0 Å². The second-order valence-corrected chi connectivity index (χ2v) is 6.96. The van der Waals surface area contributed by atoms with E-state index in [0.29, 0.717) is 10.0 Å². The molecule has 0 atom stereocenters. The molecule has 0 saturated carbocycles. The first-order valence-corrected chi connectivity index (χ1v) is 9.10. The number of hydrogen-bond donors (Lipinski definition) is 1. The molecule has 0 bridgehead atoms. The van der Waals surface area contributed by atoms with Crippen LogP contribution in [0.3, 0.4) is 0 Å². The number of hydrogen-bond acceptors (Lipinski definition) is 3. The number of nitrogens with zero attached hydrogens (tertiary/aromatic N) is 2. The Morgan fingerprint density at radius 2 is 1.72 bits per heavy atom. The van der Waals surface area contributed by atoms with Gasteiger partial charge in [-0.2, -0.15) is 0 Å². The van der Waals surface area contributed by atoms with Crippen molar-refractivity contribution in [2.24, 2.45) is 0 Å². The van der Waals surface area contributed by atoms with Gasteiger partial charge in [0.25, 0.3) is 0 Å². The topological polar surface area (TPSA) is 35.6 Å². The highest BCUT2D eigenvalue weighted by atomic mass is 35.5. The van der Waals surface area contributed by atoms with E-state index in [4.69, 9.17) is 23.2 Å². The third-order valence-electron chi connectivity index (χ3n) is 4.34. The quantitative estimate of drug-likeness (QED) is 0.861. The van der Waals surface area contributed by atoms with Crippen LogP contribution < -0.4 is 5.32 Å². The van der Waals surface area contributed by atoms with Crippen molar-refractivity contribution in [2.75, 3.05) is 38.0 Å². The van der Waals surface area contributed by atoms with Crippen molar-refractivity contribution >= 4 is 34.8 Å². The maximum atomic E-state index is 12.4. The van der Waals surface area contributed by atoms with Gasteiger partial charge >= 0.3 is 0 Å². The Morgan fingerprint density at radius 1 is 1.00 bits per heavy atom. The van der Waals surface area contributed by atoms with Crippen LogP contribution in [-0.2, 0) is 11.3 Å². The van der Waals surface area contributed by atoms with E-state index in [1.54, 1.807) is 18.2 Å². The van der Waals surface area contributed by atoms with Gasteiger partial charge in [0.15, 0.2) is 0 Å². The van der Waals surface area contributed by atoms with Crippen LogP contribution in [0.2, 0.25) is 10.0 Å². The first kappa shape index (κ1) is 18.1. The lowest BCUT2D eigenvalue weighted by Crippen LogP contribution is -2.49. The van der Waals surface area contributed by atoms with E-state index < -0.39 is 0 Å². The molecule has 4 nitrogen and oxygen atoms in total. The Balaban J connectivity index is 1.45. The predicted octanol–water partition coefficient (Wildman–Crippen LogP) is 3.75. The molecule has 1 aliphatic heterocycles. The number of carbonyl (C=O) groups excluding carboxylic acids is 1. The summed E-state index contributed by atoms with van der Waals surface area (Å²) in [6.45, 7) is 4.45. The van der Waals surface area contributed by atoms with E-state index >= 15 is 0 Å². The number of amides is 1. The smallest absolute Gasteiger partial charge is 0.241 e. The highest BCUT2D eigenvalue weighted by molar-refractivity contribution is 6.36. The normalized spacial score (nSPS) is 15.2. The maximum Gasteiger partial charge on any atom is 0.241 e. The summed E-state index contributed by atoms with van der Waals surface area (Å²) in [7, 11) is 0. The highest BCUT2D eigenvalue weighted by Gasteiger charge is 2.21. The summed E-state index contributed by atoms with van der Waals surface area (Å²) < 4.78 is 0. The third kappa shape index (κ3) is 5.11. The molecule has 1 fully saturated rings. The highest BCUT2D eigenvalue weighted by Crippen LogP contribution is 2.25. The van der Waals surface area contributed by atoms with E-state index in [2.05, 4.69) is 34.5 Å². The second-order valence-electron chi connectivity index (χ2n) is 6.12. The number of nitrogens with one attached hydrogen (secondary N) is 1. The molecule has 1 aliphatic rings. The molecule has 1 N–H and O–H groups in total. The van der Waals surface area contributed by atoms with Crippen molar-refractivity contribution in [1.82, 2.24) is 9.80 Å². The summed E-state index contributed by atoms with van der Waals surface area (Å²) in [6.07, 6.45) is 0. The summed E-state index contributed by atoms with van der Waals surface area (Å²) in [4.78, 5) is 16.7. The zero-order chi connectivity index (χ0) is 17.6. The summed E-state index contributed by atoms with van der Waals surface area (Å²) in [6, 6.07) is 15.6. The molecule has 3 rings (SSSR count). The van der Waals surface area contributed by atoms with Crippen molar-refractivity contribution in [3.8, 4) is 0 Å². The Hall–Kier alpha value is -1.75. The summed E-state index contributed by atoms with van der Waals surface area (Å²) >= 11 is 12.0. The van der Waals surface area contributed by atoms with Gasteiger partial charge in [0.05, 0.1) is 17.3 Å². The van der Waals surface area contributed by atoms with Crippen LogP contribution in [0.15, 0.2) is 48.5 Å². The zero-order valence-corrected chi connectivity index (χ0v) is 15.4. The fourth-order valence-corrected chi connectivity index (χ4v) is 3.39. The fraction of sp³-hybridized carbons (Fsp3) is 0.316. The summed E-state index contributed by atoms with van der Waals surface area (Å²) in [5, 5.41) is 4.19. The predicted molar refractivity (Wildman–Crippen MR) is 103 cm³/mol. The lowest BCUT2D eigenvalue weighted by molar-refractivity contribution is -0.131. The second kappa shape index (κ2) is 8.56. The van der Waals surface area contributed by atoms with E-state index in [1.807, 2.05) is 11.0 Å². The Morgan fingerprint density at radius 3 is 2.40 bits per heavy atom. The first-order valence-electron chi connectivity index (χ1n) is 8.35. The Bertz CT molecular complexity index is 716. The number of halogens is 2. The van der Waals surface area contributed by atoms with Gasteiger partial charge in [0.2, 0.25) is 5.91 Å². The molecule has 25 heavy (non-hydrogen) atoms. The van der Waals surface area contributed by atoms with Crippen LogP contribution >= 0.6 is 23.2 Å². The molecule has 0 aliphatic carbocycles. The first-order chi connectivity index (χ1) is 12.1. The van der Waals surface area contributed by atoms with E-state index in [1.165, 1.54) is 5.56 Å². The van der Waals surface area contributed by atoms with Gasteiger partial charge in [0, 0.05) is 37.7 Å². The minimum atomic E-state index is 0.0883. The molecule has 0 aromatic heterocycles. The monoisotopic (exact) mass is 377 g/mol. The molecule has 1 heterocycles. The van der Waals surface area contributed by atoms with Gasteiger partial charge in [-0.1, -0.05) is 53.5 Å². The molecule has 1 amide bonds. The molecule has 2 aromatic carbocycles. The standard InChI is InChI=1S/C19H21Cl2N3O/c20-16-6-7-18(17(21)12-16)22-13-19(25)24-10-8-23(9-11-24)14-15-4-2-1-3-5-15/h1-7,12,22H,8-11,13-14H2. The van der Waals surface area contributed by atoms with Crippen LogP contribution in [0.1, 0.15) is 5.56 Å². The molecule has 2 aromatic rings. The van der Waals surface area contributed by atoms with E-state index in [9.17, 15) is 4.79 Å². The summed E-state index contributed by atoms with van der Waals surface area (Å²) in [5.74, 6) is 0.0883. The molecular formula is C19H21Cl2N3O.